The van der Waals surface area contributed by atoms with Gasteiger partial charge >= 0.3 is 0 Å². The molecule has 2 heterocycles. The van der Waals surface area contributed by atoms with Crippen LogP contribution in [0.15, 0.2) is 12.4 Å². The summed E-state index contributed by atoms with van der Waals surface area (Å²) in [6.45, 7) is 9.66. The van der Waals surface area contributed by atoms with Gasteiger partial charge < -0.3 is 15.0 Å². The van der Waals surface area contributed by atoms with Gasteiger partial charge in [0.15, 0.2) is 0 Å². The van der Waals surface area contributed by atoms with Crippen molar-refractivity contribution in [3.63, 3.8) is 0 Å². The molecular formula is C14H24N4O. The molecule has 0 radical (unpaired) electrons. The minimum Gasteiger partial charge on any atom is -0.377 e. The van der Waals surface area contributed by atoms with Crippen LogP contribution in [-0.2, 0) is 11.3 Å². The van der Waals surface area contributed by atoms with Gasteiger partial charge in [0.25, 0.3) is 0 Å². The number of nitrogens with one attached hydrogen (secondary N) is 1. The molecule has 1 atom stereocenters. The van der Waals surface area contributed by atoms with Crippen molar-refractivity contribution in [2.75, 3.05) is 24.7 Å². The van der Waals surface area contributed by atoms with Gasteiger partial charge in [-0.25, -0.2) is 4.98 Å². The third-order valence-electron chi connectivity index (χ3n) is 3.38. The summed E-state index contributed by atoms with van der Waals surface area (Å²) in [5, 5.41) is 3.34. The fraction of sp³-hybridized carbons (Fsp3) is 0.714. The molecule has 0 saturated carbocycles. The van der Waals surface area contributed by atoms with Crippen LogP contribution < -0.4 is 10.2 Å². The second kappa shape index (κ2) is 6.82. The lowest BCUT2D eigenvalue weighted by atomic mass is 10.2. The molecule has 1 saturated heterocycles. The van der Waals surface area contributed by atoms with E-state index in [1.165, 1.54) is 0 Å². The normalized spacial score (nSPS) is 20.0. The van der Waals surface area contributed by atoms with Crippen LogP contribution in [0.5, 0.6) is 0 Å². The molecule has 1 aliphatic rings. The molecule has 5 nitrogen and oxygen atoms in total. The number of aromatic nitrogens is 2. The van der Waals surface area contributed by atoms with E-state index in [1.807, 2.05) is 12.4 Å². The van der Waals surface area contributed by atoms with Gasteiger partial charge in [-0.05, 0) is 6.42 Å². The zero-order valence-corrected chi connectivity index (χ0v) is 12.1. The predicted octanol–water partition coefficient (Wildman–Crippen LogP) is 1.59. The second-order valence-electron chi connectivity index (χ2n) is 5.23. The van der Waals surface area contributed by atoms with Crippen LogP contribution in [-0.4, -0.2) is 41.8 Å². The summed E-state index contributed by atoms with van der Waals surface area (Å²) < 4.78 is 5.51. The SMILES string of the molecule is CCC1COCCN1c1cnc(CNC(C)C)cn1. The van der Waals surface area contributed by atoms with Crippen molar-refractivity contribution in [1.29, 1.82) is 0 Å². The summed E-state index contributed by atoms with van der Waals surface area (Å²) in [5.41, 5.74) is 0.985. The van der Waals surface area contributed by atoms with Crippen LogP contribution in [0, 0.1) is 0 Å². The zero-order valence-electron chi connectivity index (χ0n) is 12.1. The van der Waals surface area contributed by atoms with Crippen LogP contribution >= 0.6 is 0 Å². The highest BCUT2D eigenvalue weighted by Crippen LogP contribution is 2.18. The van der Waals surface area contributed by atoms with E-state index < -0.39 is 0 Å². The second-order valence-corrected chi connectivity index (χ2v) is 5.23. The summed E-state index contributed by atoms with van der Waals surface area (Å²) in [6, 6.07) is 0.882. The Balaban J connectivity index is 2.00. The van der Waals surface area contributed by atoms with Gasteiger partial charge in [-0.1, -0.05) is 20.8 Å². The average molecular weight is 264 g/mol. The summed E-state index contributed by atoms with van der Waals surface area (Å²) >= 11 is 0. The van der Waals surface area contributed by atoms with E-state index >= 15 is 0 Å². The van der Waals surface area contributed by atoms with Gasteiger partial charge in [0, 0.05) is 19.1 Å². The van der Waals surface area contributed by atoms with Crippen molar-refractivity contribution in [2.45, 2.75) is 45.8 Å². The average Bonchev–Trinajstić information content (AvgIpc) is 2.45. The third-order valence-corrected chi connectivity index (χ3v) is 3.38. The lowest BCUT2D eigenvalue weighted by molar-refractivity contribution is 0.0925. The molecule has 2 rings (SSSR count). The van der Waals surface area contributed by atoms with Crippen LogP contribution in [0.25, 0.3) is 0 Å². The van der Waals surface area contributed by atoms with Crippen molar-refractivity contribution in [3.05, 3.63) is 18.1 Å². The maximum Gasteiger partial charge on any atom is 0.147 e. The monoisotopic (exact) mass is 264 g/mol. The minimum atomic E-state index is 0.419. The predicted molar refractivity (Wildman–Crippen MR) is 76.3 cm³/mol. The van der Waals surface area contributed by atoms with Gasteiger partial charge in [0.2, 0.25) is 0 Å². The van der Waals surface area contributed by atoms with Crippen LogP contribution in [0.2, 0.25) is 0 Å². The van der Waals surface area contributed by atoms with Gasteiger partial charge in [0.05, 0.1) is 37.3 Å². The fourth-order valence-electron chi connectivity index (χ4n) is 2.19. The third kappa shape index (κ3) is 3.88. The molecule has 0 amide bonds. The smallest absolute Gasteiger partial charge is 0.147 e. The Morgan fingerprint density at radius 2 is 2.26 bits per heavy atom. The minimum absolute atomic E-state index is 0.419. The molecule has 5 heteroatoms. The molecule has 1 unspecified atom stereocenters. The molecule has 0 aromatic carbocycles. The van der Waals surface area contributed by atoms with Crippen LogP contribution in [0.4, 0.5) is 5.82 Å². The molecule has 0 spiro atoms. The molecule has 106 valence electrons. The van der Waals surface area contributed by atoms with Crippen molar-refractivity contribution in [1.82, 2.24) is 15.3 Å². The van der Waals surface area contributed by atoms with E-state index in [0.717, 1.165) is 44.2 Å². The summed E-state index contributed by atoms with van der Waals surface area (Å²) in [7, 11) is 0. The number of hydrogen-bond donors (Lipinski definition) is 1. The first-order chi connectivity index (χ1) is 9.20. The molecule has 1 aromatic heterocycles. The quantitative estimate of drug-likeness (QED) is 0.875. The maximum atomic E-state index is 5.51. The van der Waals surface area contributed by atoms with Crippen LogP contribution in [0.1, 0.15) is 32.9 Å². The zero-order chi connectivity index (χ0) is 13.7. The molecule has 1 aliphatic heterocycles. The van der Waals surface area contributed by atoms with Crippen LogP contribution in [0.3, 0.4) is 0 Å². The highest BCUT2D eigenvalue weighted by atomic mass is 16.5. The molecule has 1 fully saturated rings. The molecular weight excluding hydrogens is 240 g/mol. The van der Waals surface area contributed by atoms with E-state index in [4.69, 9.17) is 4.74 Å². The number of morpholine rings is 1. The Morgan fingerprint density at radius 1 is 1.42 bits per heavy atom. The Morgan fingerprint density at radius 3 is 2.89 bits per heavy atom. The van der Waals surface area contributed by atoms with Gasteiger partial charge in [-0.2, -0.15) is 0 Å². The van der Waals surface area contributed by atoms with Crippen molar-refractivity contribution >= 4 is 5.82 Å². The van der Waals surface area contributed by atoms with Gasteiger partial charge in [-0.15, -0.1) is 0 Å². The Hall–Kier alpha value is -1.20. The summed E-state index contributed by atoms with van der Waals surface area (Å²) in [6.07, 6.45) is 4.82. The number of rotatable bonds is 5. The first-order valence-electron chi connectivity index (χ1n) is 7.09. The highest BCUT2D eigenvalue weighted by molar-refractivity contribution is 5.38. The van der Waals surface area contributed by atoms with Crippen molar-refractivity contribution < 1.29 is 4.74 Å². The van der Waals surface area contributed by atoms with E-state index in [0.29, 0.717) is 12.1 Å². The fourth-order valence-corrected chi connectivity index (χ4v) is 2.19. The molecule has 1 aromatic rings. The first-order valence-corrected chi connectivity index (χ1v) is 7.09. The van der Waals surface area contributed by atoms with Crippen molar-refractivity contribution in [3.8, 4) is 0 Å². The Kier molecular flexibility index (Phi) is 5.10. The van der Waals surface area contributed by atoms with Crippen molar-refractivity contribution in [2.24, 2.45) is 0 Å². The molecule has 19 heavy (non-hydrogen) atoms. The first kappa shape index (κ1) is 14.2. The standard InChI is InChI=1S/C14H24N4O/c1-4-13-10-19-6-5-18(13)14-9-16-12(8-17-14)7-15-11(2)3/h8-9,11,13,15H,4-7,10H2,1-3H3. The topological polar surface area (TPSA) is 50.3 Å². The lowest BCUT2D eigenvalue weighted by Gasteiger charge is -2.35. The number of ether oxygens (including phenoxy) is 1. The highest BCUT2D eigenvalue weighted by Gasteiger charge is 2.22. The van der Waals surface area contributed by atoms with E-state index in [2.05, 4.69) is 41.0 Å². The molecule has 0 bridgehead atoms. The molecule has 1 N–H and O–H groups in total. The maximum absolute atomic E-state index is 5.51. The van der Waals surface area contributed by atoms with E-state index in [9.17, 15) is 0 Å². The number of nitrogens with zero attached hydrogens (tertiary/aromatic N) is 3. The summed E-state index contributed by atoms with van der Waals surface area (Å²) in [5.74, 6) is 0.962. The summed E-state index contributed by atoms with van der Waals surface area (Å²) in [4.78, 5) is 11.3. The van der Waals surface area contributed by atoms with Gasteiger partial charge in [-0.3, -0.25) is 4.98 Å². The largest absolute Gasteiger partial charge is 0.377 e. The Labute approximate surface area is 115 Å². The van der Waals surface area contributed by atoms with Gasteiger partial charge in [0.1, 0.15) is 5.82 Å². The lowest BCUT2D eigenvalue weighted by Crippen LogP contribution is -2.45. The van der Waals surface area contributed by atoms with E-state index in [1.54, 1.807) is 0 Å². The molecule has 0 aliphatic carbocycles. The Bertz CT molecular complexity index is 380. The number of anilines is 1. The number of hydrogen-bond acceptors (Lipinski definition) is 5. The van der Waals surface area contributed by atoms with E-state index in [-0.39, 0.29) is 0 Å².